The van der Waals surface area contributed by atoms with Crippen LogP contribution < -0.4 is 14.8 Å². The van der Waals surface area contributed by atoms with Crippen molar-refractivity contribution in [2.45, 2.75) is 45.6 Å². The molecule has 0 unspecified atom stereocenters. The number of hydrogen-bond acceptors (Lipinski definition) is 3. The first-order valence-electron chi connectivity index (χ1n) is 9.04. The molecule has 1 amide bonds. The van der Waals surface area contributed by atoms with Crippen molar-refractivity contribution in [1.29, 1.82) is 0 Å². The Kier molecular flexibility index (Phi) is 7.07. The van der Waals surface area contributed by atoms with Crippen molar-refractivity contribution in [2.24, 2.45) is 0 Å². The predicted octanol–water partition coefficient (Wildman–Crippen LogP) is 4.64. The molecule has 0 saturated heterocycles. The molecule has 0 aliphatic carbocycles. The van der Waals surface area contributed by atoms with E-state index in [0.717, 1.165) is 23.5 Å². The molecular weight excluding hydrogens is 326 g/mol. The Hall–Kier alpha value is -2.49. The van der Waals surface area contributed by atoms with E-state index in [-0.39, 0.29) is 11.9 Å². The summed E-state index contributed by atoms with van der Waals surface area (Å²) in [6, 6.07) is 13.9. The number of rotatable bonds is 8. The van der Waals surface area contributed by atoms with E-state index in [1.807, 2.05) is 25.1 Å². The van der Waals surface area contributed by atoms with Gasteiger partial charge in [0.25, 0.3) is 0 Å². The largest absolute Gasteiger partial charge is 0.497 e. The van der Waals surface area contributed by atoms with Gasteiger partial charge in [0.1, 0.15) is 11.5 Å². The van der Waals surface area contributed by atoms with E-state index >= 15 is 0 Å². The third-order valence-corrected chi connectivity index (χ3v) is 4.57. The molecule has 0 aromatic heterocycles. The second kappa shape index (κ2) is 9.27. The lowest BCUT2D eigenvalue weighted by Crippen LogP contribution is -2.27. The van der Waals surface area contributed by atoms with Gasteiger partial charge in [-0.1, -0.05) is 38.1 Å². The van der Waals surface area contributed by atoms with E-state index in [1.54, 1.807) is 14.2 Å². The van der Waals surface area contributed by atoms with Gasteiger partial charge in [0.15, 0.2) is 0 Å². The van der Waals surface area contributed by atoms with Crippen LogP contribution in [0.1, 0.15) is 55.8 Å². The molecule has 1 atom stereocenters. The summed E-state index contributed by atoms with van der Waals surface area (Å²) in [7, 11) is 3.25. The first-order valence-corrected chi connectivity index (χ1v) is 9.04. The van der Waals surface area contributed by atoms with E-state index in [9.17, 15) is 4.79 Å². The lowest BCUT2D eigenvalue weighted by Gasteiger charge is -2.18. The summed E-state index contributed by atoms with van der Waals surface area (Å²) < 4.78 is 10.7. The van der Waals surface area contributed by atoms with E-state index < -0.39 is 0 Å². The lowest BCUT2D eigenvalue weighted by molar-refractivity contribution is -0.121. The monoisotopic (exact) mass is 355 g/mol. The number of carbonyl (C=O) groups is 1. The minimum absolute atomic E-state index is 0.0234. The first-order chi connectivity index (χ1) is 12.4. The number of carbonyl (C=O) groups excluding carboxylic acids is 1. The SMILES string of the molecule is COc1ccc(OC)c([C@H](C)NC(=O)CCc2ccc(C(C)C)cc2)c1. The highest BCUT2D eigenvalue weighted by atomic mass is 16.5. The molecule has 0 aliphatic rings. The minimum atomic E-state index is -0.157. The molecule has 0 spiro atoms. The van der Waals surface area contributed by atoms with Gasteiger partial charge in [-0.25, -0.2) is 0 Å². The molecule has 2 aromatic rings. The Morgan fingerprint density at radius 2 is 1.69 bits per heavy atom. The van der Waals surface area contributed by atoms with Crippen molar-refractivity contribution in [2.75, 3.05) is 14.2 Å². The van der Waals surface area contributed by atoms with Crippen molar-refractivity contribution < 1.29 is 14.3 Å². The molecule has 1 N–H and O–H groups in total. The molecular formula is C22H29NO3. The fourth-order valence-corrected chi connectivity index (χ4v) is 2.90. The molecule has 0 saturated carbocycles. The Labute approximate surface area is 156 Å². The molecule has 0 heterocycles. The van der Waals surface area contributed by atoms with Crippen LogP contribution in [-0.4, -0.2) is 20.1 Å². The van der Waals surface area contributed by atoms with E-state index in [4.69, 9.17) is 9.47 Å². The summed E-state index contributed by atoms with van der Waals surface area (Å²) in [5.74, 6) is 2.02. The van der Waals surface area contributed by atoms with Crippen molar-refractivity contribution in [3.63, 3.8) is 0 Å². The van der Waals surface area contributed by atoms with Crippen LogP contribution >= 0.6 is 0 Å². The highest BCUT2D eigenvalue weighted by molar-refractivity contribution is 5.76. The first kappa shape index (κ1) is 19.8. The maximum Gasteiger partial charge on any atom is 0.220 e. The maximum absolute atomic E-state index is 12.3. The van der Waals surface area contributed by atoms with Crippen LogP contribution in [0.3, 0.4) is 0 Å². The number of hydrogen-bond donors (Lipinski definition) is 1. The summed E-state index contributed by atoms with van der Waals surface area (Å²) in [4.78, 5) is 12.3. The standard InChI is InChI=1S/C22H29NO3/c1-15(2)18-9-6-17(7-10-18)8-13-22(24)23-16(3)20-14-19(25-4)11-12-21(20)26-5/h6-7,9-12,14-16H,8,13H2,1-5H3,(H,23,24)/t16-/m0/s1. The molecule has 2 aromatic carbocycles. The fraction of sp³-hybridized carbons (Fsp3) is 0.409. The van der Waals surface area contributed by atoms with Crippen LogP contribution in [-0.2, 0) is 11.2 Å². The minimum Gasteiger partial charge on any atom is -0.497 e. The summed E-state index contributed by atoms with van der Waals surface area (Å²) in [6.07, 6.45) is 1.18. The Morgan fingerprint density at radius 3 is 2.27 bits per heavy atom. The number of methoxy groups -OCH3 is 2. The zero-order chi connectivity index (χ0) is 19.1. The van der Waals surface area contributed by atoms with Gasteiger partial charge in [-0.2, -0.15) is 0 Å². The Balaban J connectivity index is 1.94. The number of benzene rings is 2. The Morgan fingerprint density at radius 1 is 1.00 bits per heavy atom. The van der Waals surface area contributed by atoms with Crippen LogP contribution in [0.15, 0.2) is 42.5 Å². The quantitative estimate of drug-likeness (QED) is 0.750. The molecule has 0 fully saturated rings. The van der Waals surface area contributed by atoms with Crippen LogP contribution in [0.2, 0.25) is 0 Å². The van der Waals surface area contributed by atoms with Gasteiger partial charge in [0.05, 0.1) is 20.3 Å². The maximum atomic E-state index is 12.3. The number of aryl methyl sites for hydroxylation is 1. The van der Waals surface area contributed by atoms with Gasteiger partial charge >= 0.3 is 0 Å². The van der Waals surface area contributed by atoms with Crippen molar-refractivity contribution in [1.82, 2.24) is 5.32 Å². The van der Waals surface area contributed by atoms with Crippen LogP contribution in [0.25, 0.3) is 0 Å². The normalized spacial score (nSPS) is 11.9. The molecule has 0 bridgehead atoms. The second-order valence-electron chi connectivity index (χ2n) is 6.79. The van der Waals surface area contributed by atoms with Gasteiger partial charge in [-0.3, -0.25) is 4.79 Å². The van der Waals surface area contributed by atoms with Crippen LogP contribution in [0, 0.1) is 0 Å². The predicted molar refractivity (Wildman–Crippen MR) is 105 cm³/mol. The average molecular weight is 355 g/mol. The lowest BCUT2D eigenvalue weighted by atomic mass is 10.00. The topological polar surface area (TPSA) is 47.6 Å². The average Bonchev–Trinajstić information content (AvgIpc) is 2.66. The van der Waals surface area contributed by atoms with E-state index in [1.165, 1.54) is 11.1 Å². The third-order valence-electron chi connectivity index (χ3n) is 4.57. The van der Waals surface area contributed by atoms with Crippen molar-refractivity contribution in [3.8, 4) is 11.5 Å². The summed E-state index contributed by atoms with van der Waals surface area (Å²) >= 11 is 0. The molecule has 0 radical (unpaired) electrons. The van der Waals surface area contributed by atoms with Crippen LogP contribution in [0.5, 0.6) is 11.5 Å². The zero-order valence-corrected chi connectivity index (χ0v) is 16.3. The summed E-state index contributed by atoms with van der Waals surface area (Å²) in [5, 5.41) is 3.05. The molecule has 4 heteroatoms. The van der Waals surface area contributed by atoms with Gasteiger partial charge in [-0.05, 0) is 48.6 Å². The summed E-state index contributed by atoms with van der Waals surface area (Å²) in [6.45, 7) is 6.31. The third kappa shape index (κ3) is 5.25. The summed E-state index contributed by atoms with van der Waals surface area (Å²) in [5.41, 5.74) is 3.40. The zero-order valence-electron chi connectivity index (χ0n) is 16.3. The van der Waals surface area contributed by atoms with Gasteiger partial charge in [-0.15, -0.1) is 0 Å². The van der Waals surface area contributed by atoms with Gasteiger partial charge in [0, 0.05) is 12.0 Å². The van der Waals surface area contributed by atoms with Gasteiger partial charge in [0.2, 0.25) is 5.91 Å². The second-order valence-corrected chi connectivity index (χ2v) is 6.79. The van der Waals surface area contributed by atoms with E-state index in [0.29, 0.717) is 12.3 Å². The fourth-order valence-electron chi connectivity index (χ4n) is 2.90. The Bertz CT molecular complexity index is 723. The highest BCUT2D eigenvalue weighted by Crippen LogP contribution is 2.29. The van der Waals surface area contributed by atoms with E-state index in [2.05, 4.69) is 43.4 Å². The van der Waals surface area contributed by atoms with Gasteiger partial charge < -0.3 is 14.8 Å². The van der Waals surface area contributed by atoms with Crippen molar-refractivity contribution >= 4 is 5.91 Å². The highest BCUT2D eigenvalue weighted by Gasteiger charge is 2.15. The number of nitrogens with one attached hydrogen (secondary N) is 1. The smallest absolute Gasteiger partial charge is 0.220 e. The molecule has 0 aliphatic heterocycles. The molecule has 26 heavy (non-hydrogen) atoms. The molecule has 2 rings (SSSR count). The molecule has 140 valence electrons. The molecule has 4 nitrogen and oxygen atoms in total. The van der Waals surface area contributed by atoms with Crippen molar-refractivity contribution in [3.05, 3.63) is 59.2 Å². The number of ether oxygens (including phenoxy) is 2. The van der Waals surface area contributed by atoms with Crippen LogP contribution in [0.4, 0.5) is 0 Å². The number of amides is 1.